The molecule has 2 aliphatic rings. The third-order valence-electron chi connectivity index (χ3n) is 5.42. The Morgan fingerprint density at radius 3 is 2.27 bits per heavy atom. The van der Waals surface area contributed by atoms with Gasteiger partial charge in [0.1, 0.15) is 11.3 Å². The van der Waals surface area contributed by atoms with Crippen LogP contribution in [0.4, 0.5) is 0 Å². The molecule has 148 valence electrons. The fourth-order valence-electron chi connectivity index (χ4n) is 4.14. The maximum absolute atomic E-state index is 13.5. The lowest BCUT2D eigenvalue weighted by Gasteiger charge is -2.23. The molecule has 3 aromatic carbocycles. The van der Waals surface area contributed by atoms with Crippen molar-refractivity contribution in [1.82, 2.24) is 0 Å². The van der Waals surface area contributed by atoms with Gasteiger partial charge in [-0.25, -0.2) is 4.79 Å². The van der Waals surface area contributed by atoms with Crippen LogP contribution in [-0.2, 0) is 4.74 Å². The Kier molecular flexibility index (Phi) is 3.70. The SMILES string of the molecule is COc1c(O)ccc2c1C(=O)c1c(cc(O)c3c1C(c1ccccc1)OC3=O)C2=O. The number of ether oxygens (including phenoxy) is 2. The van der Waals surface area contributed by atoms with E-state index in [2.05, 4.69) is 0 Å². The number of aromatic hydroxyl groups is 2. The molecule has 0 saturated carbocycles. The van der Waals surface area contributed by atoms with Crippen LogP contribution < -0.4 is 4.74 Å². The van der Waals surface area contributed by atoms with Crippen molar-refractivity contribution in [2.45, 2.75) is 6.10 Å². The minimum Gasteiger partial charge on any atom is -0.507 e. The average molecular weight is 402 g/mol. The molecule has 0 fully saturated rings. The topological polar surface area (TPSA) is 110 Å². The molecule has 0 radical (unpaired) electrons. The Morgan fingerprint density at radius 1 is 0.833 bits per heavy atom. The number of carbonyl (C=O) groups is 3. The van der Waals surface area contributed by atoms with E-state index < -0.39 is 29.4 Å². The van der Waals surface area contributed by atoms with Crippen LogP contribution in [0.25, 0.3) is 0 Å². The quantitative estimate of drug-likeness (QED) is 0.496. The Labute approximate surface area is 170 Å². The van der Waals surface area contributed by atoms with Crippen LogP contribution in [0.2, 0.25) is 0 Å². The van der Waals surface area contributed by atoms with Crippen molar-refractivity contribution in [2.75, 3.05) is 7.11 Å². The number of fused-ring (bicyclic) bond motifs is 4. The van der Waals surface area contributed by atoms with Gasteiger partial charge < -0.3 is 19.7 Å². The highest BCUT2D eigenvalue weighted by atomic mass is 16.5. The largest absolute Gasteiger partial charge is 0.507 e. The van der Waals surface area contributed by atoms with E-state index in [1.807, 2.05) is 0 Å². The smallest absolute Gasteiger partial charge is 0.343 e. The second-order valence-electron chi connectivity index (χ2n) is 7.00. The molecular formula is C23H14O7. The zero-order valence-corrected chi connectivity index (χ0v) is 15.6. The number of benzene rings is 3. The highest BCUT2D eigenvalue weighted by Gasteiger charge is 2.44. The summed E-state index contributed by atoms with van der Waals surface area (Å²) < 4.78 is 10.7. The van der Waals surface area contributed by atoms with Crippen LogP contribution >= 0.6 is 0 Å². The first-order valence-corrected chi connectivity index (χ1v) is 9.09. The Hall–Kier alpha value is -4.13. The number of phenolic OH excluding ortho intramolecular Hbond substituents is 2. The molecule has 30 heavy (non-hydrogen) atoms. The summed E-state index contributed by atoms with van der Waals surface area (Å²) >= 11 is 0. The number of hydrogen-bond acceptors (Lipinski definition) is 7. The first-order chi connectivity index (χ1) is 14.4. The Bertz CT molecular complexity index is 1270. The number of ketones is 2. The third kappa shape index (κ3) is 2.23. The molecule has 7 nitrogen and oxygen atoms in total. The summed E-state index contributed by atoms with van der Waals surface area (Å²) in [6.45, 7) is 0. The maximum Gasteiger partial charge on any atom is 0.343 e. The van der Waals surface area contributed by atoms with Crippen LogP contribution in [0, 0.1) is 0 Å². The fraction of sp³-hybridized carbons (Fsp3) is 0.0870. The van der Waals surface area contributed by atoms with Crippen LogP contribution in [0.1, 0.15) is 59.4 Å². The lowest BCUT2D eigenvalue weighted by molar-refractivity contribution is 0.0452. The fourth-order valence-corrected chi connectivity index (χ4v) is 4.14. The molecule has 2 N–H and O–H groups in total. The minimum absolute atomic E-state index is 0.0317. The highest BCUT2D eigenvalue weighted by molar-refractivity contribution is 6.31. The normalized spacial score (nSPS) is 16.6. The van der Waals surface area contributed by atoms with Crippen LogP contribution in [-0.4, -0.2) is 34.9 Å². The van der Waals surface area contributed by atoms with Gasteiger partial charge in [-0.3, -0.25) is 9.59 Å². The molecule has 1 unspecified atom stereocenters. The summed E-state index contributed by atoms with van der Waals surface area (Å²) in [6, 6.07) is 12.4. The van der Waals surface area contributed by atoms with Crippen molar-refractivity contribution >= 4 is 17.5 Å². The van der Waals surface area contributed by atoms with E-state index in [-0.39, 0.29) is 44.9 Å². The molecule has 7 heteroatoms. The zero-order valence-electron chi connectivity index (χ0n) is 15.6. The molecule has 0 saturated heterocycles. The van der Waals surface area contributed by atoms with Gasteiger partial charge in [-0.2, -0.15) is 0 Å². The second kappa shape index (κ2) is 6.18. The number of hydrogen-bond donors (Lipinski definition) is 2. The second-order valence-corrected chi connectivity index (χ2v) is 7.00. The summed E-state index contributed by atoms with van der Waals surface area (Å²) in [5.41, 5.74) is 0.463. The number of carbonyl (C=O) groups excluding carboxylic acids is 3. The zero-order chi connectivity index (χ0) is 21.2. The maximum atomic E-state index is 13.5. The molecule has 1 aliphatic heterocycles. The van der Waals surface area contributed by atoms with Gasteiger partial charge in [-0.1, -0.05) is 30.3 Å². The molecule has 0 aromatic heterocycles. The van der Waals surface area contributed by atoms with Crippen molar-refractivity contribution in [1.29, 1.82) is 0 Å². The van der Waals surface area contributed by atoms with Crippen molar-refractivity contribution in [3.05, 3.63) is 87.5 Å². The number of methoxy groups -OCH3 is 1. The molecule has 0 spiro atoms. The molecule has 1 aliphatic carbocycles. The van der Waals surface area contributed by atoms with E-state index in [0.29, 0.717) is 5.56 Å². The third-order valence-corrected chi connectivity index (χ3v) is 5.42. The molecule has 5 rings (SSSR count). The highest BCUT2D eigenvalue weighted by Crippen LogP contribution is 2.47. The summed E-state index contributed by atoms with van der Waals surface area (Å²) in [4.78, 5) is 39.3. The summed E-state index contributed by atoms with van der Waals surface area (Å²) in [5.74, 6) is -2.75. The molecular weight excluding hydrogens is 388 g/mol. The number of rotatable bonds is 2. The minimum atomic E-state index is -0.962. The van der Waals surface area contributed by atoms with E-state index in [1.165, 1.54) is 19.2 Å². The Balaban J connectivity index is 1.85. The predicted octanol–water partition coefficient (Wildman–Crippen LogP) is 3.14. The predicted molar refractivity (Wildman–Crippen MR) is 103 cm³/mol. The lowest BCUT2D eigenvalue weighted by atomic mass is 9.78. The van der Waals surface area contributed by atoms with Gasteiger partial charge in [0.05, 0.1) is 12.7 Å². The van der Waals surface area contributed by atoms with Gasteiger partial charge in [-0.05, 0) is 23.8 Å². The van der Waals surface area contributed by atoms with Gasteiger partial charge in [0.25, 0.3) is 0 Å². The lowest BCUT2D eigenvalue weighted by Crippen LogP contribution is -2.24. The standard InChI is InChI=1S/C23H14O7/c1-29-22-13(24)8-7-11-16(22)20(27)15-12(19(11)26)9-14(25)17-18(15)21(30-23(17)28)10-5-3-2-4-6-10/h2-9,21,24-25H,1H3. The van der Waals surface area contributed by atoms with Gasteiger partial charge in [0.2, 0.25) is 0 Å². The van der Waals surface area contributed by atoms with Crippen LogP contribution in [0.5, 0.6) is 17.2 Å². The van der Waals surface area contributed by atoms with E-state index in [4.69, 9.17) is 9.47 Å². The van der Waals surface area contributed by atoms with Gasteiger partial charge in [0, 0.05) is 22.3 Å². The number of phenols is 2. The summed E-state index contributed by atoms with van der Waals surface area (Å²) in [7, 11) is 1.28. The van der Waals surface area contributed by atoms with Crippen molar-refractivity contribution in [2.24, 2.45) is 0 Å². The van der Waals surface area contributed by atoms with E-state index in [9.17, 15) is 24.6 Å². The van der Waals surface area contributed by atoms with Gasteiger partial charge in [0.15, 0.2) is 29.2 Å². The molecule has 3 aromatic rings. The van der Waals surface area contributed by atoms with Gasteiger partial charge >= 0.3 is 5.97 Å². The molecule has 1 atom stereocenters. The van der Waals surface area contributed by atoms with E-state index in [0.717, 1.165) is 6.07 Å². The van der Waals surface area contributed by atoms with Crippen LogP contribution in [0.15, 0.2) is 48.5 Å². The van der Waals surface area contributed by atoms with Crippen molar-refractivity contribution in [3.63, 3.8) is 0 Å². The monoisotopic (exact) mass is 402 g/mol. The molecule has 0 bridgehead atoms. The Morgan fingerprint density at radius 2 is 1.57 bits per heavy atom. The summed E-state index contributed by atoms with van der Waals surface area (Å²) in [5, 5.41) is 20.6. The summed E-state index contributed by atoms with van der Waals surface area (Å²) in [6.07, 6.45) is -0.962. The molecule has 0 amide bonds. The van der Waals surface area contributed by atoms with E-state index >= 15 is 0 Å². The number of esters is 1. The van der Waals surface area contributed by atoms with Crippen molar-refractivity contribution < 1.29 is 34.1 Å². The van der Waals surface area contributed by atoms with Crippen molar-refractivity contribution in [3.8, 4) is 17.2 Å². The first kappa shape index (κ1) is 17.9. The average Bonchev–Trinajstić information content (AvgIpc) is 3.10. The molecule has 1 heterocycles. The first-order valence-electron chi connectivity index (χ1n) is 9.09. The van der Waals surface area contributed by atoms with Crippen LogP contribution in [0.3, 0.4) is 0 Å². The number of cyclic esters (lactones) is 1. The van der Waals surface area contributed by atoms with Gasteiger partial charge in [-0.15, -0.1) is 0 Å². The van der Waals surface area contributed by atoms with E-state index in [1.54, 1.807) is 30.3 Å².